The third kappa shape index (κ3) is 13.9. The van der Waals surface area contributed by atoms with E-state index >= 15 is 0 Å². The van der Waals surface area contributed by atoms with Crippen LogP contribution in [0, 0.1) is 5.92 Å². The number of aromatic nitrogens is 2. The predicted octanol–water partition coefficient (Wildman–Crippen LogP) is 5.37. The lowest BCUT2D eigenvalue weighted by Gasteiger charge is -2.31. The van der Waals surface area contributed by atoms with Crippen LogP contribution in [0.1, 0.15) is 57.2 Å². The maximum atomic E-state index is 12.9. The van der Waals surface area contributed by atoms with Crippen molar-refractivity contribution >= 4 is 57.9 Å². The number of imide groups is 1. The molecule has 4 amide bonds. The number of benzene rings is 1. The fourth-order valence-electron chi connectivity index (χ4n) is 5.94. The lowest BCUT2D eigenvalue weighted by atomic mass is 9.94. The molecule has 2 aliphatic rings. The van der Waals surface area contributed by atoms with E-state index in [0.29, 0.717) is 98.3 Å². The molecule has 0 radical (unpaired) electrons. The Bertz CT molecular complexity index is 1910. The Morgan fingerprint density at radius 2 is 1.63 bits per heavy atom. The zero-order valence-corrected chi connectivity index (χ0v) is 35.8. The molecule has 2 aliphatic heterocycles. The van der Waals surface area contributed by atoms with E-state index in [4.69, 9.17) is 32.8 Å². The molecule has 0 unspecified atom stereocenters. The molecule has 0 spiro atoms. The van der Waals surface area contributed by atoms with E-state index in [1.165, 1.54) is 42.6 Å². The molecule has 5 rings (SSSR count). The number of methoxy groups -OCH3 is 2. The minimum atomic E-state index is -0.401. The Labute approximate surface area is 352 Å². The van der Waals surface area contributed by atoms with Gasteiger partial charge in [0.1, 0.15) is 19.0 Å². The number of nitrogens with one attached hydrogen (secondary N) is 1. The SMILES string of the molecule is COc1cc(C=CC(=O)N2CCC=CC2=O)cc(OC)c1OCCOCCOCCOCC(=O)N1CCC(C(=O)Nc2ncc(SCc3ncc(C(C)(C)C)o3)s2)CC1. The zero-order chi connectivity index (χ0) is 42.2. The molecule has 59 heavy (non-hydrogen) atoms. The van der Waals surface area contributed by atoms with E-state index in [1.807, 2.05) is 0 Å². The summed E-state index contributed by atoms with van der Waals surface area (Å²) in [4.78, 5) is 61.7. The van der Waals surface area contributed by atoms with E-state index in [2.05, 4.69) is 36.1 Å². The first-order valence-corrected chi connectivity index (χ1v) is 21.2. The van der Waals surface area contributed by atoms with Crippen molar-refractivity contribution in [3.8, 4) is 17.2 Å². The molecule has 0 saturated carbocycles. The van der Waals surface area contributed by atoms with Crippen LogP contribution in [0.2, 0.25) is 0 Å². The highest BCUT2D eigenvalue weighted by Crippen LogP contribution is 2.39. The third-order valence-corrected chi connectivity index (χ3v) is 11.3. The number of likely N-dealkylation sites (tertiary alicyclic amines) is 1. The second kappa shape index (κ2) is 22.6. The molecule has 1 aromatic carbocycles. The van der Waals surface area contributed by atoms with Gasteiger partial charge in [0, 0.05) is 37.0 Å². The van der Waals surface area contributed by atoms with Crippen LogP contribution in [-0.2, 0) is 44.6 Å². The lowest BCUT2D eigenvalue weighted by Crippen LogP contribution is -2.43. The standard InChI is InChI=1S/C41H53N5O11S2/c1-41(2,3)32-24-42-33(57-32)27-58-37-25-43-40(59-37)44-39(50)29-11-14-45(15-12-29)36(49)26-55-19-18-53-16-17-54-20-21-56-38-30(51-4)22-28(23-31(38)52-5)9-10-35(48)46-13-7-6-8-34(46)47/h6,8-10,22-25,29H,7,11-21,26-27H2,1-5H3,(H,43,44,50). The van der Waals surface area contributed by atoms with E-state index in [1.54, 1.807) is 53.3 Å². The number of oxazole rings is 1. The number of anilines is 1. The van der Waals surface area contributed by atoms with Crippen molar-refractivity contribution in [2.75, 3.05) is 85.4 Å². The van der Waals surface area contributed by atoms with Crippen molar-refractivity contribution in [1.82, 2.24) is 19.8 Å². The summed E-state index contributed by atoms with van der Waals surface area (Å²) < 4.78 is 40.4. The molecule has 1 saturated heterocycles. The van der Waals surface area contributed by atoms with Crippen LogP contribution in [-0.4, -0.2) is 123 Å². The van der Waals surface area contributed by atoms with Crippen molar-refractivity contribution in [2.24, 2.45) is 5.92 Å². The number of hydrogen-bond acceptors (Lipinski definition) is 15. The highest BCUT2D eigenvalue weighted by molar-refractivity contribution is 8.00. The van der Waals surface area contributed by atoms with Gasteiger partial charge in [-0.05, 0) is 49.1 Å². The van der Waals surface area contributed by atoms with Gasteiger partial charge in [-0.1, -0.05) is 38.2 Å². The lowest BCUT2D eigenvalue weighted by molar-refractivity contribution is -0.140. The first-order chi connectivity index (χ1) is 28.4. The first kappa shape index (κ1) is 45.3. The van der Waals surface area contributed by atoms with Crippen LogP contribution < -0.4 is 19.5 Å². The maximum absolute atomic E-state index is 12.9. The number of amides is 4. The molecule has 16 nitrogen and oxygen atoms in total. The number of thioether (sulfide) groups is 1. The van der Waals surface area contributed by atoms with Gasteiger partial charge < -0.3 is 43.1 Å². The van der Waals surface area contributed by atoms with E-state index in [0.717, 1.165) is 9.97 Å². The monoisotopic (exact) mass is 855 g/mol. The van der Waals surface area contributed by atoms with Gasteiger partial charge in [-0.2, -0.15) is 0 Å². The van der Waals surface area contributed by atoms with Crippen molar-refractivity contribution < 1.29 is 52.0 Å². The summed E-state index contributed by atoms with van der Waals surface area (Å²) in [5.74, 6) is 2.14. The second-order valence-electron chi connectivity index (χ2n) is 14.5. The number of ether oxygens (including phenoxy) is 6. The van der Waals surface area contributed by atoms with Gasteiger partial charge in [0.25, 0.3) is 11.8 Å². The van der Waals surface area contributed by atoms with Crippen LogP contribution in [0.5, 0.6) is 17.2 Å². The van der Waals surface area contributed by atoms with Crippen LogP contribution in [0.15, 0.2) is 51.4 Å². The van der Waals surface area contributed by atoms with Crippen molar-refractivity contribution in [3.63, 3.8) is 0 Å². The molecule has 0 aliphatic carbocycles. The number of nitrogens with zero attached hydrogens (tertiary/aromatic N) is 4. The summed E-state index contributed by atoms with van der Waals surface area (Å²) >= 11 is 2.97. The minimum absolute atomic E-state index is 0.0571. The molecule has 4 heterocycles. The molecule has 0 atom stereocenters. The summed E-state index contributed by atoms with van der Waals surface area (Å²) in [7, 11) is 3.01. The summed E-state index contributed by atoms with van der Waals surface area (Å²) in [6.45, 7) is 9.20. The number of hydrogen-bond donors (Lipinski definition) is 1. The van der Waals surface area contributed by atoms with E-state index < -0.39 is 5.91 Å². The highest BCUT2D eigenvalue weighted by atomic mass is 32.2. The number of carbonyl (C=O) groups excluding carboxylic acids is 4. The fourth-order valence-corrected chi connectivity index (χ4v) is 7.66. The van der Waals surface area contributed by atoms with Gasteiger partial charge in [-0.3, -0.25) is 24.1 Å². The number of thiazole rings is 1. The Kier molecular flexibility index (Phi) is 17.3. The van der Waals surface area contributed by atoms with Crippen LogP contribution in [0.25, 0.3) is 6.08 Å². The Hall–Kier alpha value is -4.75. The summed E-state index contributed by atoms with van der Waals surface area (Å²) in [6, 6.07) is 3.41. The summed E-state index contributed by atoms with van der Waals surface area (Å²) in [5, 5.41) is 3.48. The van der Waals surface area contributed by atoms with Gasteiger partial charge in [0.15, 0.2) is 16.6 Å². The fraction of sp³-hybridized carbons (Fsp3) is 0.512. The van der Waals surface area contributed by atoms with Gasteiger partial charge in [0.2, 0.25) is 23.5 Å². The quantitative estimate of drug-likeness (QED) is 0.0820. The Morgan fingerprint density at radius 1 is 0.949 bits per heavy atom. The third-order valence-electron chi connectivity index (χ3n) is 9.22. The number of piperidine rings is 1. The van der Waals surface area contributed by atoms with Crippen LogP contribution >= 0.6 is 23.1 Å². The summed E-state index contributed by atoms with van der Waals surface area (Å²) in [5.41, 5.74) is 0.534. The average molecular weight is 856 g/mol. The molecule has 18 heteroatoms. The molecule has 0 bridgehead atoms. The van der Waals surface area contributed by atoms with Gasteiger partial charge >= 0.3 is 0 Å². The smallest absolute Gasteiger partial charge is 0.253 e. The van der Waals surface area contributed by atoms with Gasteiger partial charge in [-0.25, -0.2) is 9.97 Å². The topological polar surface area (TPSA) is 181 Å². The molecular weight excluding hydrogens is 803 g/mol. The van der Waals surface area contributed by atoms with Crippen molar-refractivity contribution in [3.05, 3.63) is 60.0 Å². The zero-order valence-electron chi connectivity index (χ0n) is 34.2. The average Bonchev–Trinajstić information content (AvgIpc) is 3.91. The van der Waals surface area contributed by atoms with Crippen molar-refractivity contribution in [1.29, 1.82) is 0 Å². The Morgan fingerprint density at radius 3 is 2.27 bits per heavy atom. The molecule has 3 aromatic rings. The first-order valence-electron chi connectivity index (χ1n) is 19.4. The molecule has 2 aromatic heterocycles. The molecule has 320 valence electrons. The second-order valence-corrected chi connectivity index (χ2v) is 16.8. The normalized spacial score (nSPS) is 14.9. The van der Waals surface area contributed by atoms with Gasteiger partial charge in [-0.15, -0.1) is 11.8 Å². The molecular formula is C41H53N5O11S2. The minimum Gasteiger partial charge on any atom is -0.493 e. The molecule has 1 N–H and O–H groups in total. The number of carbonyl (C=O) groups is 4. The summed E-state index contributed by atoms with van der Waals surface area (Å²) in [6.07, 6.45) is 11.3. The largest absolute Gasteiger partial charge is 0.493 e. The highest BCUT2D eigenvalue weighted by Gasteiger charge is 2.28. The van der Waals surface area contributed by atoms with E-state index in [9.17, 15) is 19.2 Å². The maximum Gasteiger partial charge on any atom is 0.253 e. The predicted molar refractivity (Wildman–Crippen MR) is 222 cm³/mol. The van der Waals surface area contributed by atoms with E-state index in [-0.39, 0.29) is 55.5 Å². The van der Waals surface area contributed by atoms with Gasteiger partial charge in [0.05, 0.1) is 69.6 Å². The van der Waals surface area contributed by atoms with Crippen molar-refractivity contribution in [2.45, 2.75) is 55.4 Å². The number of rotatable bonds is 21. The van der Waals surface area contributed by atoms with Crippen LogP contribution in [0.4, 0.5) is 5.13 Å². The molecule has 1 fully saturated rings. The Balaban J connectivity index is 0.890. The van der Waals surface area contributed by atoms with Crippen LogP contribution in [0.3, 0.4) is 0 Å².